The fourth-order valence-corrected chi connectivity index (χ4v) is 4.98. The Balaban J connectivity index is 1.46. The van der Waals surface area contributed by atoms with Crippen LogP contribution in [0.3, 0.4) is 0 Å². The fraction of sp³-hybridized carbons (Fsp3) is 0.312. The Morgan fingerprint density at radius 1 is 0.829 bits per heavy atom. The standard InChI is InChI=1S/C32H36N4O5/c1-22(37)33-26-17-18-36(21-26)27-15-13-25(14-16-27)30(38)34-28(19-23-9-5-3-6-10-23)31(39)35-29(32(40)41-2)20-24-11-7-4-8-12-24/h3-16,26,28-29H,17-21H2,1-2H3,(H,33,37)(H,34,38)(H,35,39)/t26?,28-,29-/m0/s1. The number of carbonyl (C=O) groups excluding carboxylic acids is 4. The fourth-order valence-electron chi connectivity index (χ4n) is 4.98. The highest BCUT2D eigenvalue weighted by Gasteiger charge is 2.28. The van der Waals surface area contributed by atoms with E-state index in [1.807, 2.05) is 72.8 Å². The molecule has 0 saturated carbocycles. The Kier molecular flexibility index (Phi) is 10.1. The van der Waals surface area contributed by atoms with Gasteiger partial charge in [-0.05, 0) is 41.8 Å². The molecular formula is C32H36N4O5. The molecule has 3 N–H and O–H groups in total. The number of rotatable bonds is 11. The highest BCUT2D eigenvalue weighted by atomic mass is 16.5. The monoisotopic (exact) mass is 556 g/mol. The molecule has 0 aliphatic carbocycles. The number of benzene rings is 3. The molecule has 1 heterocycles. The molecule has 3 aromatic rings. The number of ether oxygens (including phenoxy) is 1. The highest BCUT2D eigenvalue weighted by molar-refractivity contribution is 5.98. The molecule has 4 rings (SSSR count). The Morgan fingerprint density at radius 3 is 1.98 bits per heavy atom. The zero-order valence-corrected chi connectivity index (χ0v) is 23.3. The smallest absolute Gasteiger partial charge is 0.328 e. The molecule has 41 heavy (non-hydrogen) atoms. The molecule has 1 fully saturated rings. The number of esters is 1. The number of anilines is 1. The van der Waals surface area contributed by atoms with Gasteiger partial charge in [0.25, 0.3) is 5.91 Å². The lowest BCUT2D eigenvalue weighted by atomic mass is 10.0. The lowest BCUT2D eigenvalue weighted by Crippen LogP contribution is -2.53. The molecule has 3 atom stereocenters. The van der Waals surface area contributed by atoms with Crippen LogP contribution in [0.4, 0.5) is 5.69 Å². The summed E-state index contributed by atoms with van der Waals surface area (Å²) in [5.41, 5.74) is 3.10. The normalized spacial score (nSPS) is 15.9. The van der Waals surface area contributed by atoms with Crippen molar-refractivity contribution in [2.24, 2.45) is 0 Å². The maximum absolute atomic E-state index is 13.5. The summed E-state index contributed by atoms with van der Waals surface area (Å²) in [5.74, 6) is -1.49. The van der Waals surface area contributed by atoms with Gasteiger partial charge in [-0.25, -0.2) is 4.79 Å². The van der Waals surface area contributed by atoms with Crippen molar-refractivity contribution >= 4 is 29.4 Å². The van der Waals surface area contributed by atoms with Crippen molar-refractivity contribution in [1.82, 2.24) is 16.0 Å². The molecule has 3 aromatic carbocycles. The zero-order chi connectivity index (χ0) is 29.2. The van der Waals surface area contributed by atoms with Gasteiger partial charge in [-0.2, -0.15) is 0 Å². The van der Waals surface area contributed by atoms with Crippen molar-refractivity contribution < 1.29 is 23.9 Å². The first-order valence-electron chi connectivity index (χ1n) is 13.7. The van der Waals surface area contributed by atoms with E-state index in [-0.39, 0.29) is 24.8 Å². The van der Waals surface area contributed by atoms with E-state index in [1.54, 1.807) is 12.1 Å². The van der Waals surface area contributed by atoms with Crippen LogP contribution in [0.2, 0.25) is 0 Å². The van der Waals surface area contributed by atoms with Gasteiger partial charge in [-0.1, -0.05) is 60.7 Å². The van der Waals surface area contributed by atoms with E-state index in [2.05, 4.69) is 20.9 Å². The molecule has 9 nitrogen and oxygen atoms in total. The van der Waals surface area contributed by atoms with Gasteiger partial charge in [-0.15, -0.1) is 0 Å². The lowest BCUT2D eigenvalue weighted by Gasteiger charge is -2.23. The summed E-state index contributed by atoms with van der Waals surface area (Å²) in [6, 6.07) is 24.2. The van der Waals surface area contributed by atoms with Crippen LogP contribution in [0.5, 0.6) is 0 Å². The van der Waals surface area contributed by atoms with Crippen LogP contribution in [0.1, 0.15) is 34.8 Å². The predicted octanol–water partition coefficient (Wildman–Crippen LogP) is 2.64. The molecule has 0 bridgehead atoms. The van der Waals surface area contributed by atoms with Gasteiger partial charge in [0.1, 0.15) is 12.1 Å². The van der Waals surface area contributed by atoms with Crippen LogP contribution in [-0.4, -0.2) is 62.0 Å². The SMILES string of the molecule is COC(=O)[C@H](Cc1ccccc1)NC(=O)[C@H](Cc1ccccc1)NC(=O)c1ccc(N2CCC(NC(C)=O)C2)cc1. The first-order chi connectivity index (χ1) is 19.8. The molecule has 1 aliphatic rings. The van der Waals surface area contributed by atoms with Crippen LogP contribution in [0, 0.1) is 0 Å². The highest BCUT2D eigenvalue weighted by Crippen LogP contribution is 2.21. The maximum Gasteiger partial charge on any atom is 0.328 e. The number of nitrogens with zero attached hydrogens (tertiary/aromatic N) is 1. The van der Waals surface area contributed by atoms with E-state index >= 15 is 0 Å². The van der Waals surface area contributed by atoms with Gasteiger partial charge in [0.15, 0.2) is 0 Å². The number of nitrogens with one attached hydrogen (secondary N) is 3. The molecule has 1 saturated heterocycles. The number of methoxy groups -OCH3 is 1. The molecule has 3 amide bonds. The van der Waals surface area contributed by atoms with Crippen molar-refractivity contribution in [2.75, 3.05) is 25.1 Å². The first kappa shape index (κ1) is 29.3. The Labute approximate surface area is 240 Å². The lowest BCUT2D eigenvalue weighted by molar-refractivity contribution is -0.145. The minimum Gasteiger partial charge on any atom is -0.467 e. The second kappa shape index (κ2) is 14.1. The molecule has 0 radical (unpaired) electrons. The van der Waals surface area contributed by atoms with Gasteiger partial charge in [-0.3, -0.25) is 14.4 Å². The van der Waals surface area contributed by atoms with Gasteiger partial charge < -0.3 is 25.6 Å². The van der Waals surface area contributed by atoms with Crippen LogP contribution in [-0.2, 0) is 32.0 Å². The Hall–Kier alpha value is -4.66. The molecule has 1 aliphatic heterocycles. The summed E-state index contributed by atoms with van der Waals surface area (Å²) in [6.07, 6.45) is 1.36. The average Bonchev–Trinajstić information content (AvgIpc) is 3.45. The number of hydrogen-bond acceptors (Lipinski definition) is 6. The van der Waals surface area contributed by atoms with Crippen molar-refractivity contribution in [2.45, 2.75) is 44.3 Å². The number of carbonyl (C=O) groups is 4. The summed E-state index contributed by atoms with van der Waals surface area (Å²) in [5, 5.41) is 8.60. The first-order valence-corrected chi connectivity index (χ1v) is 13.7. The molecular weight excluding hydrogens is 520 g/mol. The van der Waals surface area contributed by atoms with Gasteiger partial charge >= 0.3 is 5.97 Å². The van der Waals surface area contributed by atoms with Crippen molar-refractivity contribution in [3.05, 3.63) is 102 Å². The number of hydrogen-bond donors (Lipinski definition) is 3. The maximum atomic E-state index is 13.5. The Bertz CT molecular complexity index is 1330. The van der Waals surface area contributed by atoms with Gasteiger partial charge in [0, 0.05) is 50.1 Å². The molecule has 0 spiro atoms. The van der Waals surface area contributed by atoms with Gasteiger partial charge in [0.05, 0.1) is 7.11 Å². The van der Waals surface area contributed by atoms with Crippen LogP contribution < -0.4 is 20.9 Å². The molecule has 9 heteroatoms. The summed E-state index contributed by atoms with van der Waals surface area (Å²) in [4.78, 5) is 52.9. The minimum atomic E-state index is -0.926. The van der Waals surface area contributed by atoms with Crippen LogP contribution >= 0.6 is 0 Å². The summed E-state index contributed by atoms with van der Waals surface area (Å²) < 4.78 is 4.95. The quantitative estimate of drug-likeness (QED) is 0.313. The largest absolute Gasteiger partial charge is 0.467 e. The third kappa shape index (κ3) is 8.41. The molecule has 214 valence electrons. The van der Waals surface area contributed by atoms with Crippen LogP contribution in [0.25, 0.3) is 0 Å². The Morgan fingerprint density at radius 2 is 1.41 bits per heavy atom. The van der Waals surface area contributed by atoms with Crippen molar-refractivity contribution in [1.29, 1.82) is 0 Å². The summed E-state index contributed by atoms with van der Waals surface area (Å²) in [6.45, 7) is 3.02. The third-order valence-corrected chi connectivity index (χ3v) is 7.08. The third-order valence-electron chi connectivity index (χ3n) is 7.08. The van der Waals surface area contributed by atoms with Crippen molar-refractivity contribution in [3.63, 3.8) is 0 Å². The second-order valence-corrected chi connectivity index (χ2v) is 10.2. The van der Waals surface area contributed by atoms with Gasteiger partial charge in [0.2, 0.25) is 11.8 Å². The van der Waals surface area contributed by atoms with E-state index in [9.17, 15) is 19.2 Å². The summed E-state index contributed by atoms with van der Waals surface area (Å²) in [7, 11) is 1.28. The van der Waals surface area contributed by atoms with Crippen molar-refractivity contribution in [3.8, 4) is 0 Å². The summed E-state index contributed by atoms with van der Waals surface area (Å²) >= 11 is 0. The topological polar surface area (TPSA) is 117 Å². The minimum absolute atomic E-state index is 0.0454. The van der Waals surface area contributed by atoms with Crippen LogP contribution in [0.15, 0.2) is 84.9 Å². The van der Waals surface area contributed by atoms with E-state index in [0.717, 1.165) is 29.8 Å². The zero-order valence-electron chi connectivity index (χ0n) is 23.3. The molecule has 0 aromatic heterocycles. The van der Waals surface area contributed by atoms with E-state index < -0.39 is 29.9 Å². The van der Waals surface area contributed by atoms with E-state index in [1.165, 1.54) is 14.0 Å². The van der Waals surface area contributed by atoms with E-state index in [0.29, 0.717) is 12.1 Å². The predicted molar refractivity (Wildman–Crippen MR) is 156 cm³/mol. The second-order valence-electron chi connectivity index (χ2n) is 10.2. The van der Waals surface area contributed by atoms with E-state index in [4.69, 9.17) is 4.74 Å². The average molecular weight is 557 g/mol. The number of amides is 3. The molecule has 1 unspecified atom stereocenters.